The lowest BCUT2D eigenvalue weighted by Crippen LogP contribution is -2.54. The van der Waals surface area contributed by atoms with E-state index in [1.54, 1.807) is 17.0 Å². The molecule has 0 aliphatic rings. The summed E-state index contributed by atoms with van der Waals surface area (Å²) in [6.07, 6.45) is 0.589. The first kappa shape index (κ1) is 26.8. The fourth-order valence-corrected chi connectivity index (χ4v) is 4.24. The number of hydrogen-bond donors (Lipinski definition) is 1. The maximum atomic E-state index is 13.8. The quantitative estimate of drug-likeness (QED) is 0.381. The largest absolute Gasteiger partial charge is 0.350 e. The average molecular weight is 511 g/mol. The van der Waals surface area contributed by atoms with E-state index in [2.05, 4.69) is 5.32 Å². The Morgan fingerprint density at radius 1 is 0.886 bits per heavy atom. The Hall–Kier alpha value is -2.82. The Balaban J connectivity index is 2.02. The van der Waals surface area contributed by atoms with E-state index >= 15 is 0 Å². The van der Waals surface area contributed by atoms with Gasteiger partial charge in [-0.05, 0) is 62.1 Å². The van der Waals surface area contributed by atoms with Crippen LogP contribution in [-0.4, -0.2) is 28.3 Å². The number of benzene rings is 3. The van der Waals surface area contributed by atoms with E-state index in [1.807, 2.05) is 88.4 Å². The third-order valence-electron chi connectivity index (χ3n) is 5.71. The van der Waals surface area contributed by atoms with Crippen LogP contribution in [0.2, 0.25) is 10.0 Å². The summed E-state index contributed by atoms with van der Waals surface area (Å²) in [6.45, 7) is 8.02. The molecule has 3 rings (SSSR count). The molecule has 0 radical (unpaired) electrons. The minimum atomic E-state index is -0.706. The molecular weight excluding hydrogens is 479 g/mol. The second kappa shape index (κ2) is 11.7. The lowest BCUT2D eigenvalue weighted by Gasteiger charge is -2.34. The average Bonchev–Trinajstić information content (AvgIpc) is 2.79. The summed E-state index contributed by atoms with van der Waals surface area (Å²) in [7, 11) is 0. The van der Waals surface area contributed by atoms with E-state index in [1.165, 1.54) is 0 Å². The van der Waals surface area contributed by atoms with E-state index in [-0.39, 0.29) is 24.8 Å². The first-order chi connectivity index (χ1) is 16.5. The Morgan fingerprint density at radius 2 is 1.54 bits per heavy atom. The fraction of sp³-hybridized carbons (Fsp3) is 0.310. The molecule has 1 N–H and O–H groups in total. The van der Waals surface area contributed by atoms with Crippen molar-refractivity contribution in [3.63, 3.8) is 0 Å². The number of halogens is 2. The summed E-state index contributed by atoms with van der Waals surface area (Å²) in [5.41, 5.74) is 3.31. The summed E-state index contributed by atoms with van der Waals surface area (Å²) in [5, 5.41) is 3.93. The highest BCUT2D eigenvalue weighted by Gasteiger charge is 2.32. The van der Waals surface area contributed by atoms with Gasteiger partial charge in [-0.25, -0.2) is 0 Å². The third kappa shape index (κ3) is 7.84. The summed E-state index contributed by atoms with van der Waals surface area (Å²) in [4.78, 5) is 29.1. The molecule has 0 saturated heterocycles. The van der Waals surface area contributed by atoms with E-state index in [0.717, 1.165) is 22.3 Å². The number of amides is 2. The van der Waals surface area contributed by atoms with Crippen LogP contribution in [0, 0.1) is 6.92 Å². The molecule has 3 aromatic carbocycles. The molecule has 35 heavy (non-hydrogen) atoms. The molecule has 0 aliphatic heterocycles. The van der Waals surface area contributed by atoms with Gasteiger partial charge in [-0.2, -0.15) is 0 Å². The van der Waals surface area contributed by atoms with Gasteiger partial charge in [-0.3, -0.25) is 9.59 Å². The Bertz CT molecular complexity index is 1170. The lowest BCUT2D eigenvalue weighted by atomic mass is 9.99. The van der Waals surface area contributed by atoms with E-state index < -0.39 is 11.6 Å². The zero-order chi connectivity index (χ0) is 25.6. The summed E-state index contributed by atoms with van der Waals surface area (Å²) in [5.74, 6) is -0.324. The van der Waals surface area contributed by atoms with Crippen molar-refractivity contribution in [2.24, 2.45) is 0 Å². The SMILES string of the molecule is Cc1ccccc1CC(=O)N(Cc1ccc(Cl)c(Cl)c1)[C@H](Cc1ccccc1)C(=O)NC(C)(C)C. The number of nitrogens with one attached hydrogen (secondary N) is 1. The van der Waals surface area contributed by atoms with Crippen LogP contribution in [0.25, 0.3) is 0 Å². The van der Waals surface area contributed by atoms with Crippen molar-refractivity contribution in [1.29, 1.82) is 0 Å². The highest BCUT2D eigenvalue weighted by molar-refractivity contribution is 6.42. The molecule has 6 heteroatoms. The molecule has 0 saturated carbocycles. The molecule has 1 atom stereocenters. The smallest absolute Gasteiger partial charge is 0.243 e. The number of rotatable bonds is 8. The molecular formula is C29H32Cl2N2O2. The second-order valence-electron chi connectivity index (χ2n) is 9.82. The van der Waals surface area contributed by atoms with Gasteiger partial charge in [-0.15, -0.1) is 0 Å². The third-order valence-corrected chi connectivity index (χ3v) is 6.45. The maximum absolute atomic E-state index is 13.8. The van der Waals surface area contributed by atoms with Crippen LogP contribution in [0.4, 0.5) is 0 Å². The number of nitrogens with zero attached hydrogens (tertiary/aromatic N) is 1. The molecule has 3 aromatic rings. The van der Waals surface area contributed by atoms with Gasteiger partial charge < -0.3 is 10.2 Å². The van der Waals surface area contributed by atoms with Crippen molar-refractivity contribution in [2.45, 2.75) is 58.7 Å². The normalized spacial score (nSPS) is 12.2. The van der Waals surface area contributed by atoms with E-state index in [9.17, 15) is 9.59 Å². The number of aryl methyl sites for hydroxylation is 1. The highest BCUT2D eigenvalue weighted by Crippen LogP contribution is 2.25. The van der Waals surface area contributed by atoms with Crippen LogP contribution in [0.5, 0.6) is 0 Å². The first-order valence-electron chi connectivity index (χ1n) is 11.7. The van der Waals surface area contributed by atoms with Crippen molar-refractivity contribution in [2.75, 3.05) is 0 Å². The maximum Gasteiger partial charge on any atom is 0.243 e. The fourth-order valence-electron chi connectivity index (χ4n) is 3.91. The minimum Gasteiger partial charge on any atom is -0.350 e. The molecule has 4 nitrogen and oxygen atoms in total. The zero-order valence-corrected chi connectivity index (χ0v) is 22.2. The molecule has 0 aliphatic carbocycles. The van der Waals surface area contributed by atoms with Gasteiger partial charge in [0.1, 0.15) is 6.04 Å². The second-order valence-corrected chi connectivity index (χ2v) is 10.6. The van der Waals surface area contributed by atoms with Gasteiger partial charge in [-0.1, -0.05) is 83.9 Å². The Kier molecular flexibility index (Phi) is 8.98. The van der Waals surface area contributed by atoms with E-state index in [0.29, 0.717) is 16.5 Å². The predicted octanol–water partition coefficient (Wildman–Crippen LogP) is 6.40. The predicted molar refractivity (Wildman–Crippen MR) is 144 cm³/mol. The standard InChI is InChI=1S/C29H32Cl2N2O2/c1-20-10-8-9-13-23(20)18-27(34)33(19-22-14-15-24(30)25(31)16-22)26(28(35)32-29(2,3)4)17-21-11-6-5-7-12-21/h5-16,26H,17-19H2,1-4H3,(H,32,35)/t26-/m1/s1. The number of carbonyl (C=O) groups is 2. The van der Waals surface area contributed by atoms with Crippen LogP contribution in [0.3, 0.4) is 0 Å². The van der Waals surface area contributed by atoms with Crippen LogP contribution < -0.4 is 5.32 Å². The summed E-state index contributed by atoms with van der Waals surface area (Å²) >= 11 is 12.4. The van der Waals surface area contributed by atoms with E-state index in [4.69, 9.17) is 23.2 Å². The monoisotopic (exact) mass is 510 g/mol. The van der Waals surface area contributed by atoms with Gasteiger partial charge in [0.05, 0.1) is 16.5 Å². The van der Waals surface area contributed by atoms with Gasteiger partial charge in [0.15, 0.2) is 0 Å². The van der Waals surface area contributed by atoms with Crippen LogP contribution in [0.15, 0.2) is 72.8 Å². The Morgan fingerprint density at radius 3 is 2.17 bits per heavy atom. The van der Waals surface area contributed by atoms with Gasteiger partial charge >= 0.3 is 0 Å². The summed E-state index contributed by atoms with van der Waals surface area (Å²) in [6, 6.07) is 22.2. The zero-order valence-electron chi connectivity index (χ0n) is 20.6. The molecule has 0 aromatic heterocycles. The molecule has 2 amide bonds. The van der Waals surface area contributed by atoms with Gasteiger partial charge in [0, 0.05) is 18.5 Å². The molecule has 184 valence electrons. The number of carbonyl (C=O) groups excluding carboxylic acids is 2. The number of hydrogen-bond acceptors (Lipinski definition) is 2. The molecule has 0 fully saturated rings. The van der Waals surface area contributed by atoms with Gasteiger partial charge in [0.2, 0.25) is 11.8 Å². The Labute approximate surface area is 218 Å². The molecule has 0 spiro atoms. The van der Waals surface area contributed by atoms with Crippen LogP contribution in [0.1, 0.15) is 43.0 Å². The van der Waals surface area contributed by atoms with Gasteiger partial charge in [0.25, 0.3) is 0 Å². The topological polar surface area (TPSA) is 49.4 Å². The molecule has 0 unspecified atom stereocenters. The van der Waals surface area contributed by atoms with Crippen molar-refractivity contribution in [3.05, 3.63) is 105 Å². The van der Waals surface area contributed by atoms with Crippen molar-refractivity contribution >= 4 is 35.0 Å². The lowest BCUT2D eigenvalue weighted by molar-refractivity contribution is -0.141. The van der Waals surface area contributed by atoms with Crippen LogP contribution >= 0.6 is 23.2 Å². The first-order valence-corrected chi connectivity index (χ1v) is 12.4. The molecule has 0 bridgehead atoms. The minimum absolute atomic E-state index is 0.129. The van der Waals surface area contributed by atoms with Crippen molar-refractivity contribution < 1.29 is 9.59 Å². The van der Waals surface area contributed by atoms with Crippen molar-refractivity contribution in [3.8, 4) is 0 Å². The summed E-state index contributed by atoms with van der Waals surface area (Å²) < 4.78 is 0. The highest BCUT2D eigenvalue weighted by atomic mass is 35.5. The molecule has 0 heterocycles. The van der Waals surface area contributed by atoms with Crippen molar-refractivity contribution in [1.82, 2.24) is 10.2 Å². The van der Waals surface area contributed by atoms with Crippen LogP contribution in [-0.2, 0) is 29.0 Å².